The molecule has 0 atom stereocenters. The summed E-state index contributed by atoms with van der Waals surface area (Å²) < 4.78 is 0. The molecule has 1 aromatic rings. The molecule has 1 rings (SSSR count). The number of carbonyl (C=O) groups is 1. The Balaban J connectivity index is 2.27. The molecule has 0 unspecified atom stereocenters. The zero-order chi connectivity index (χ0) is 9.52. The van der Waals surface area contributed by atoms with Gasteiger partial charge in [-0.3, -0.25) is 4.79 Å². The third-order valence-corrected chi connectivity index (χ3v) is 2.30. The molecule has 13 heavy (non-hydrogen) atoms. The number of nitrogens with one attached hydrogen (secondary N) is 1. The Morgan fingerprint density at radius 2 is 2.54 bits per heavy atom. The van der Waals surface area contributed by atoms with Crippen LogP contribution in [0.25, 0.3) is 0 Å². The van der Waals surface area contributed by atoms with Gasteiger partial charge in [0.05, 0.1) is 0 Å². The number of amides is 1. The second-order valence-corrected chi connectivity index (χ2v) is 3.41. The van der Waals surface area contributed by atoms with Gasteiger partial charge in [0, 0.05) is 17.5 Å². The highest BCUT2D eigenvalue weighted by Crippen LogP contribution is 2.04. The molecule has 0 radical (unpaired) electrons. The van der Waals surface area contributed by atoms with Gasteiger partial charge in [-0.15, -0.1) is 0 Å². The predicted octanol–water partition coefficient (Wildman–Crippen LogP) is 2.44. The van der Waals surface area contributed by atoms with Gasteiger partial charge >= 0.3 is 0 Å². The van der Waals surface area contributed by atoms with Gasteiger partial charge in [-0.1, -0.05) is 12.2 Å². The van der Waals surface area contributed by atoms with E-state index in [-0.39, 0.29) is 5.91 Å². The predicted molar refractivity (Wildman–Crippen MR) is 56.1 cm³/mol. The summed E-state index contributed by atoms with van der Waals surface area (Å²) in [4.78, 5) is 11.3. The molecule has 0 aliphatic heterocycles. The molecule has 0 aliphatic carbocycles. The molecular weight excluding hydrogens is 182 g/mol. The minimum atomic E-state index is 0.0192. The molecule has 70 valence electrons. The van der Waals surface area contributed by atoms with Crippen molar-refractivity contribution in [3.63, 3.8) is 0 Å². The quantitative estimate of drug-likeness (QED) is 0.580. The number of hydrogen-bond donors (Lipinski definition) is 1. The van der Waals surface area contributed by atoms with Crippen molar-refractivity contribution in [3.8, 4) is 0 Å². The van der Waals surface area contributed by atoms with E-state index in [0.717, 1.165) is 12.0 Å². The summed E-state index contributed by atoms with van der Waals surface area (Å²) in [6.45, 7) is 2.68. The molecule has 1 aromatic heterocycles. The summed E-state index contributed by atoms with van der Waals surface area (Å²) in [6, 6.07) is 1.83. The smallest absolute Gasteiger partial charge is 0.252 e. The molecule has 0 aromatic carbocycles. The number of hydrogen-bond acceptors (Lipinski definition) is 2. The summed E-state index contributed by atoms with van der Waals surface area (Å²) in [5.41, 5.74) is 0.755. The lowest BCUT2D eigenvalue weighted by atomic mass is 10.3. The van der Waals surface area contributed by atoms with Crippen LogP contribution in [0, 0.1) is 0 Å². The third kappa shape index (κ3) is 3.42. The Morgan fingerprint density at radius 3 is 3.15 bits per heavy atom. The second-order valence-electron chi connectivity index (χ2n) is 2.63. The lowest BCUT2D eigenvalue weighted by molar-refractivity contribution is 0.0955. The van der Waals surface area contributed by atoms with E-state index < -0.39 is 0 Å². The second kappa shape index (κ2) is 5.54. The van der Waals surface area contributed by atoms with Crippen molar-refractivity contribution < 1.29 is 4.79 Å². The molecular formula is C10H13NOS. The molecule has 1 heterocycles. The van der Waals surface area contributed by atoms with Crippen molar-refractivity contribution in [1.29, 1.82) is 0 Å². The Hall–Kier alpha value is -1.09. The average molecular weight is 195 g/mol. The maximum Gasteiger partial charge on any atom is 0.252 e. The standard InChI is InChI=1S/C10H13NOS/c1-2-3-4-6-11-10(12)9-5-7-13-8-9/h2-3,5,7-8H,4,6H2,1H3,(H,11,12)/b3-2+. The van der Waals surface area contributed by atoms with E-state index in [1.165, 1.54) is 11.3 Å². The zero-order valence-electron chi connectivity index (χ0n) is 7.62. The summed E-state index contributed by atoms with van der Waals surface area (Å²) in [7, 11) is 0. The zero-order valence-corrected chi connectivity index (χ0v) is 8.43. The van der Waals surface area contributed by atoms with Crippen LogP contribution in [0.5, 0.6) is 0 Å². The third-order valence-electron chi connectivity index (χ3n) is 1.62. The molecule has 1 N–H and O–H groups in total. The van der Waals surface area contributed by atoms with Crippen LogP contribution in [-0.2, 0) is 0 Å². The van der Waals surface area contributed by atoms with Gasteiger partial charge in [0.25, 0.3) is 5.91 Å². The molecule has 1 amide bonds. The first kappa shape index (κ1) is 9.99. The Labute approximate surface area is 82.3 Å². The van der Waals surface area contributed by atoms with Crippen LogP contribution >= 0.6 is 11.3 Å². The monoisotopic (exact) mass is 195 g/mol. The molecule has 0 spiro atoms. The fourth-order valence-corrected chi connectivity index (χ4v) is 1.57. The van der Waals surface area contributed by atoms with Crippen molar-refractivity contribution in [1.82, 2.24) is 5.32 Å². The van der Waals surface area contributed by atoms with Crippen molar-refractivity contribution in [3.05, 3.63) is 34.5 Å². The summed E-state index contributed by atoms with van der Waals surface area (Å²) in [6.07, 6.45) is 4.91. The molecule has 0 saturated heterocycles. The van der Waals surface area contributed by atoms with E-state index in [9.17, 15) is 4.79 Å². The molecule has 0 bridgehead atoms. The van der Waals surface area contributed by atoms with Gasteiger partial charge in [0.2, 0.25) is 0 Å². The van der Waals surface area contributed by atoms with E-state index in [1.54, 1.807) is 0 Å². The van der Waals surface area contributed by atoms with Gasteiger partial charge in [-0.05, 0) is 24.8 Å². The topological polar surface area (TPSA) is 29.1 Å². The largest absolute Gasteiger partial charge is 0.352 e. The summed E-state index contributed by atoms with van der Waals surface area (Å²) in [5, 5.41) is 6.59. The molecule has 2 nitrogen and oxygen atoms in total. The fraction of sp³-hybridized carbons (Fsp3) is 0.300. The summed E-state index contributed by atoms with van der Waals surface area (Å²) >= 11 is 1.54. The first-order valence-corrected chi connectivity index (χ1v) is 5.20. The van der Waals surface area contributed by atoms with Crippen LogP contribution in [-0.4, -0.2) is 12.5 Å². The SMILES string of the molecule is C/C=C/CCNC(=O)c1ccsc1. The van der Waals surface area contributed by atoms with E-state index in [1.807, 2.05) is 35.9 Å². The van der Waals surface area contributed by atoms with Gasteiger partial charge in [-0.2, -0.15) is 11.3 Å². The minimum absolute atomic E-state index is 0.0192. The van der Waals surface area contributed by atoms with Crippen LogP contribution in [0.1, 0.15) is 23.7 Å². The van der Waals surface area contributed by atoms with Crippen LogP contribution in [0.2, 0.25) is 0 Å². The molecule has 0 aliphatic rings. The lowest BCUT2D eigenvalue weighted by Gasteiger charge is -1.99. The normalized spacial score (nSPS) is 10.5. The highest BCUT2D eigenvalue weighted by Gasteiger charge is 2.02. The Morgan fingerprint density at radius 1 is 1.69 bits per heavy atom. The van der Waals surface area contributed by atoms with Crippen molar-refractivity contribution in [2.45, 2.75) is 13.3 Å². The molecule has 3 heteroatoms. The number of rotatable bonds is 4. The van der Waals surface area contributed by atoms with Crippen LogP contribution in [0.3, 0.4) is 0 Å². The van der Waals surface area contributed by atoms with Crippen molar-refractivity contribution in [2.24, 2.45) is 0 Å². The van der Waals surface area contributed by atoms with E-state index in [2.05, 4.69) is 5.32 Å². The minimum Gasteiger partial charge on any atom is -0.352 e. The van der Waals surface area contributed by atoms with E-state index in [4.69, 9.17) is 0 Å². The first-order valence-electron chi connectivity index (χ1n) is 4.26. The van der Waals surface area contributed by atoms with Gasteiger partial charge in [-0.25, -0.2) is 0 Å². The maximum absolute atomic E-state index is 11.3. The lowest BCUT2D eigenvalue weighted by Crippen LogP contribution is -2.23. The van der Waals surface area contributed by atoms with Crippen LogP contribution < -0.4 is 5.32 Å². The van der Waals surface area contributed by atoms with Crippen molar-refractivity contribution >= 4 is 17.2 Å². The number of carbonyl (C=O) groups excluding carboxylic acids is 1. The highest BCUT2D eigenvalue weighted by atomic mass is 32.1. The molecule has 0 saturated carbocycles. The summed E-state index contributed by atoms with van der Waals surface area (Å²) in [5.74, 6) is 0.0192. The van der Waals surface area contributed by atoms with Crippen LogP contribution in [0.4, 0.5) is 0 Å². The van der Waals surface area contributed by atoms with Gasteiger partial charge < -0.3 is 5.32 Å². The van der Waals surface area contributed by atoms with Crippen LogP contribution in [0.15, 0.2) is 29.0 Å². The Bertz CT molecular complexity index is 277. The van der Waals surface area contributed by atoms with Crippen molar-refractivity contribution in [2.75, 3.05) is 6.54 Å². The fourth-order valence-electron chi connectivity index (χ4n) is 0.931. The number of allylic oxidation sites excluding steroid dienone is 1. The highest BCUT2D eigenvalue weighted by molar-refractivity contribution is 7.08. The van der Waals surface area contributed by atoms with E-state index in [0.29, 0.717) is 6.54 Å². The van der Waals surface area contributed by atoms with E-state index >= 15 is 0 Å². The van der Waals surface area contributed by atoms with Gasteiger partial charge in [0.15, 0.2) is 0 Å². The maximum atomic E-state index is 11.3. The number of thiophene rings is 1. The molecule has 0 fully saturated rings. The first-order chi connectivity index (χ1) is 6.34. The Kier molecular flexibility index (Phi) is 4.26. The average Bonchev–Trinajstić information content (AvgIpc) is 2.65. The van der Waals surface area contributed by atoms with Gasteiger partial charge in [0.1, 0.15) is 0 Å².